The summed E-state index contributed by atoms with van der Waals surface area (Å²) in [5.41, 5.74) is 3.34. The highest BCUT2D eigenvalue weighted by Gasteiger charge is 2.17. The molecule has 3 aromatic rings. The normalized spacial score (nSPS) is 11.5. The lowest BCUT2D eigenvalue weighted by Crippen LogP contribution is -2.30. The highest BCUT2D eigenvalue weighted by atomic mass is 16.5. The lowest BCUT2D eigenvalue weighted by atomic mass is 10.1. The van der Waals surface area contributed by atoms with E-state index in [1.165, 1.54) is 5.56 Å². The molecular weight excluding hydrogens is 388 g/mol. The minimum absolute atomic E-state index is 0.111. The van der Waals surface area contributed by atoms with E-state index >= 15 is 0 Å². The van der Waals surface area contributed by atoms with Gasteiger partial charge in [0.2, 0.25) is 0 Å². The first-order valence-electron chi connectivity index (χ1n) is 10.4. The van der Waals surface area contributed by atoms with E-state index in [1.807, 2.05) is 54.6 Å². The molecule has 2 amide bonds. The number of hydrogen-bond donors (Lipinski definition) is 1. The van der Waals surface area contributed by atoms with Crippen LogP contribution in [0.25, 0.3) is 0 Å². The Labute approximate surface area is 183 Å². The Morgan fingerprint density at radius 1 is 0.935 bits per heavy atom. The Morgan fingerprint density at radius 2 is 1.65 bits per heavy atom. The Kier molecular flexibility index (Phi) is 7.44. The van der Waals surface area contributed by atoms with Crippen molar-refractivity contribution in [2.45, 2.75) is 32.9 Å². The van der Waals surface area contributed by atoms with Gasteiger partial charge in [-0.1, -0.05) is 55.5 Å². The Hall–Kier alpha value is -3.60. The molecule has 0 saturated heterocycles. The van der Waals surface area contributed by atoms with E-state index < -0.39 is 6.10 Å². The third kappa shape index (κ3) is 6.19. The number of ether oxygens (including phenoxy) is 1. The van der Waals surface area contributed by atoms with Crippen molar-refractivity contribution in [3.63, 3.8) is 0 Å². The molecule has 0 aromatic heterocycles. The SMILES string of the molecule is CCc1ccc(OC(C)C(=O)Nc2cccc(C(=O)N(C)Cc3ccccc3)c2)cc1. The predicted octanol–water partition coefficient (Wildman–Crippen LogP) is 4.93. The summed E-state index contributed by atoms with van der Waals surface area (Å²) in [5.74, 6) is 0.258. The van der Waals surface area contributed by atoms with Crippen LogP contribution in [0.2, 0.25) is 0 Å². The van der Waals surface area contributed by atoms with E-state index in [0.717, 1.165) is 12.0 Å². The van der Waals surface area contributed by atoms with Crippen LogP contribution in [0.15, 0.2) is 78.9 Å². The molecule has 0 aliphatic heterocycles. The van der Waals surface area contributed by atoms with Crippen molar-refractivity contribution < 1.29 is 14.3 Å². The van der Waals surface area contributed by atoms with Gasteiger partial charge in [-0.25, -0.2) is 0 Å². The van der Waals surface area contributed by atoms with Crippen molar-refractivity contribution in [3.05, 3.63) is 95.6 Å². The van der Waals surface area contributed by atoms with Gasteiger partial charge in [-0.05, 0) is 54.8 Å². The smallest absolute Gasteiger partial charge is 0.265 e. The monoisotopic (exact) mass is 416 g/mol. The number of rotatable bonds is 8. The van der Waals surface area contributed by atoms with E-state index in [2.05, 4.69) is 12.2 Å². The number of hydrogen-bond acceptors (Lipinski definition) is 3. The zero-order valence-corrected chi connectivity index (χ0v) is 18.2. The van der Waals surface area contributed by atoms with Gasteiger partial charge >= 0.3 is 0 Å². The van der Waals surface area contributed by atoms with Crippen molar-refractivity contribution in [1.29, 1.82) is 0 Å². The molecule has 0 fully saturated rings. The molecule has 0 aliphatic rings. The fourth-order valence-corrected chi connectivity index (χ4v) is 3.18. The van der Waals surface area contributed by atoms with E-state index in [9.17, 15) is 9.59 Å². The molecule has 0 bridgehead atoms. The van der Waals surface area contributed by atoms with Crippen molar-refractivity contribution in [1.82, 2.24) is 4.90 Å². The van der Waals surface area contributed by atoms with Crippen LogP contribution >= 0.6 is 0 Å². The third-order valence-electron chi connectivity index (χ3n) is 5.00. The fourth-order valence-electron chi connectivity index (χ4n) is 3.18. The van der Waals surface area contributed by atoms with Crippen LogP contribution < -0.4 is 10.1 Å². The minimum Gasteiger partial charge on any atom is -0.481 e. The van der Waals surface area contributed by atoms with E-state index in [-0.39, 0.29) is 11.8 Å². The predicted molar refractivity (Wildman–Crippen MR) is 123 cm³/mol. The summed E-state index contributed by atoms with van der Waals surface area (Å²) < 4.78 is 5.74. The van der Waals surface area contributed by atoms with E-state index in [4.69, 9.17) is 4.74 Å². The third-order valence-corrected chi connectivity index (χ3v) is 5.00. The lowest BCUT2D eigenvalue weighted by Gasteiger charge is -2.18. The Bertz CT molecular complexity index is 1020. The average Bonchev–Trinajstić information content (AvgIpc) is 2.79. The highest BCUT2D eigenvalue weighted by molar-refractivity contribution is 5.98. The van der Waals surface area contributed by atoms with Crippen LogP contribution in [-0.4, -0.2) is 29.9 Å². The molecule has 0 aliphatic carbocycles. The van der Waals surface area contributed by atoms with Gasteiger partial charge in [0, 0.05) is 24.8 Å². The Morgan fingerprint density at radius 3 is 2.32 bits per heavy atom. The first-order chi connectivity index (χ1) is 15.0. The number of aryl methyl sites for hydroxylation is 1. The molecule has 0 saturated carbocycles. The maximum absolute atomic E-state index is 12.8. The number of benzene rings is 3. The van der Waals surface area contributed by atoms with Crippen molar-refractivity contribution in [2.75, 3.05) is 12.4 Å². The number of carbonyl (C=O) groups is 2. The topological polar surface area (TPSA) is 58.6 Å². The number of carbonyl (C=O) groups excluding carboxylic acids is 2. The van der Waals surface area contributed by atoms with E-state index in [1.54, 1.807) is 43.1 Å². The summed E-state index contributed by atoms with van der Waals surface area (Å²) in [6.07, 6.45) is 0.277. The van der Waals surface area contributed by atoms with Gasteiger partial charge in [-0.3, -0.25) is 9.59 Å². The lowest BCUT2D eigenvalue weighted by molar-refractivity contribution is -0.122. The second kappa shape index (κ2) is 10.4. The molecule has 1 N–H and O–H groups in total. The average molecular weight is 417 g/mol. The second-order valence-electron chi connectivity index (χ2n) is 7.47. The molecule has 5 nitrogen and oxygen atoms in total. The van der Waals surface area contributed by atoms with Gasteiger partial charge < -0.3 is 15.0 Å². The molecule has 3 rings (SSSR count). The molecule has 1 unspecified atom stereocenters. The highest BCUT2D eigenvalue weighted by Crippen LogP contribution is 2.17. The molecule has 0 radical (unpaired) electrons. The second-order valence-corrected chi connectivity index (χ2v) is 7.47. The summed E-state index contributed by atoms with van der Waals surface area (Å²) in [4.78, 5) is 27.0. The van der Waals surface area contributed by atoms with Crippen LogP contribution in [0.5, 0.6) is 5.75 Å². The van der Waals surface area contributed by atoms with Crippen molar-refractivity contribution >= 4 is 17.5 Å². The molecular formula is C26H28N2O3. The van der Waals surface area contributed by atoms with Gasteiger partial charge in [0.1, 0.15) is 5.75 Å². The summed E-state index contributed by atoms with van der Waals surface area (Å²) >= 11 is 0. The summed E-state index contributed by atoms with van der Waals surface area (Å²) in [6, 6.07) is 24.5. The van der Waals surface area contributed by atoms with Crippen LogP contribution in [-0.2, 0) is 17.8 Å². The van der Waals surface area contributed by atoms with Crippen LogP contribution in [0.3, 0.4) is 0 Å². The van der Waals surface area contributed by atoms with Crippen LogP contribution in [0.4, 0.5) is 5.69 Å². The maximum atomic E-state index is 12.8. The van der Waals surface area contributed by atoms with Crippen LogP contribution in [0, 0.1) is 0 Å². The molecule has 160 valence electrons. The number of nitrogens with zero attached hydrogens (tertiary/aromatic N) is 1. The van der Waals surface area contributed by atoms with Gasteiger partial charge in [-0.2, -0.15) is 0 Å². The number of anilines is 1. The summed E-state index contributed by atoms with van der Waals surface area (Å²) in [7, 11) is 1.76. The maximum Gasteiger partial charge on any atom is 0.265 e. The number of nitrogens with one attached hydrogen (secondary N) is 1. The molecule has 3 aromatic carbocycles. The van der Waals surface area contributed by atoms with Gasteiger partial charge in [0.05, 0.1) is 0 Å². The first-order valence-corrected chi connectivity index (χ1v) is 10.4. The molecule has 0 heterocycles. The first kappa shape index (κ1) is 22.1. The summed E-state index contributed by atoms with van der Waals surface area (Å²) in [6.45, 7) is 4.30. The van der Waals surface area contributed by atoms with Crippen LogP contribution in [0.1, 0.15) is 35.3 Å². The molecule has 0 spiro atoms. The Balaban J connectivity index is 1.60. The molecule has 1 atom stereocenters. The standard InChI is InChI=1S/C26H28N2O3/c1-4-20-13-15-24(16-14-20)31-19(2)25(29)27-23-12-8-11-22(17-23)26(30)28(3)18-21-9-6-5-7-10-21/h5-17,19H,4,18H2,1-3H3,(H,27,29). The van der Waals surface area contributed by atoms with E-state index in [0.29, 0.717) is 23.5 Å². The van der Waals surface area contributed by atoms with Crippen molar-refractivity contribution in [3.8, 4) is 5.75 Å². The minimum atomic E-state index is -0.674. The fraction of sp³-hybridized carbons (Fsp3) is 0.231. The number of amides is 2. The largest absolute Gasteiger partial charge is 0.481 e. The zero-order chi connectivity index (χ0) is 22.2. The van der Waals surface area contributed by atoms with Gasteiger partial charge in [0.15, 0.2) is 6.10 Å². The quantitative estimate of drug-likeness (QED) is 0.567. The molecule has 5 heteroatoms. The van der Waals surface area contributed by atoms with Crippen molar-refractivity contribution in [2.24, 2.45) is 0 Å². The summed E-state index contributed by atoms with van der Waals surface area (Å²) in [5, 5.41) is 2.83. The van der Waals surface area contributed by atoms with Gasteiger partial charge in [-0.15, -0.1) is 0 Å². The molecule has 31 heavy (non-hydrogen) atoms. The zero-order valence-electron chi connectivity index (χ0n) is 18.2. The van der Waals surface area contributed by atoms with Gasteiger partial charge in [0.25, 0.3) is 11.8 Å².